The Morgan fingerprint density at radius 2 is 1.77 bits per heavy atom. The van der Waals surface area contributed by atoms with Gasteiger partial charge in [-0.1, -0.05) is 59.2 Å². The molecule has 1 amide bonds. The van der Waals surface area contributed by atoms with Gasteiger partial charge in [-0.2, -0.15) is 0 Å². The Balaban J connectivity index is 1.39. The zero-order valence-electron chi connectivity index (χ0n) is 27.4. The van der Waals surface area contributed by atoms with Gasteiger partial charge in [0.15, 0.2) is 5.78 Å². The van der Waals surface area contributed by atoms with Crippen LogP contribution in [0.15, 0.2) is 22.4 Å². The van der Waals surface area contributed by atoms with Crippen molar-refractivity contribution in [2.45, 2.75) is 111 Å². The van der Waals surface area contributed by atoms with Gasteiger partial charge >= 0.3 is 5.97 Å². The highest BCUT2D eigenvalue weighted by Gasteiger charge is 2.70. The van der Waals surface area contributed by atoms with Crippen LogP contribution in [0.1, 0.15) is 105 Å². The van der Waals surface area contributed by atoms with Gasteiger partial charge in [0.1, 0.15) is 12.3 Å². The summed E-state index contributed by atoms with van der Waals surface area (Å²) in [6.07, 6.45) is 11.7. The van der Waals surface area contributed by atoms with E-state index in [1.165, 1.54) is 16.0 Å². The number of allylic oxidation sites excluding steroid dienone is 2. The van der Waals surface area contributed by atoms with E-state index in [2.05, 4.69) is 65.0 Å². The Morgan fingerprint density at radius 1 is 1.07 bits per heavy atom. The smallest absolute Gasteiger partial charge is 0.323 e. The first kappa shape index (κ1) is 30.5. The van der Waals surface area contributed by atoms with Crippen molar-refractivity contribution < 1.29 is 24.0 Å². The molecule has 43 heavy (non-hydrogen) atoms. The van der Waals surface area contributed by atoms with Crippen LogP contribution in [0.2, 0.25) is 0 Å². The maximum absolute atomic E-state index is 14.7. The molecule has 5 aliphatic rings. The molecule has 1 aromatic heterocycles. The number of nitrogens with one attached hydrogen (secondary N) is 1. The molecule has 7 atom stereocenters. The second kappa shape index (κ2) is 9.51. The highest BCUT2D eigenvalue weighted by molar-refractivity contribution is 5.95. The molecule has 0 unspecified atom stereocenters. The van der Waals surface area contributed by atoms with Gasteiger partial charge in [0, 0.05) is 29.5 Å². The van der Waals surface area contributed by atoms with Gasteiger partial charge in [-0.25, -0.2) is 0 Å². The molecule has 0 aromatic carbocycles. The van der Waals surface area contributed by atoms with E-state index in [9.17, 15) is 19.5 Å². The van der Waals surface area contributed by atoms with Crippen molar-refractivity contribution in [3.8, 4) is 0 Å². The molecule has 0 bridgehead atoms. The third kappa shape index (κ3) is 4.24. The van der Waals surface area contributed by atoms with Crippen molar-refractivity contribution in [3.05, 3.63) is 29.2 Å². The number of hydrogen-bond acceptors (Lipinski definition) is 6. The number of fused-ring (bicyclic) bond motifs is 8. The Bertz CT molecular complexity index is 1390. The summed E-state index contributed by atoms with van der Waals surface area (Å²) >= 11 is 0. The van der Waals surface area contributed by atoms with E-state index < -0.39 is 5.97 Å². The SMILES string of the molecule is CN(CC(=O)O)C(=O)CN[C@]12CCC(C)(C)C[C@H]1[C@H]1C(=O)C=C3[C@@]4(C)Cc5cnoc5C(C)(C)[C@@H]4CC[C@@]3(C)[C@]1(C)CC2. The van der Waals surface area contributed by atoms with Crippen LogP contribution in [0, 0.1) is 39.4 Å². The highest BCUT2D eigenvalue weighted by atomic mass is 16.5. The summed E-state index contributed by atoms with van der Waals surface area (Å²) in [5, 5.41) is 17.1. The topological polar surface area (TPSA) is 113 Å². The van der Waals surface area contributed by atoms with Crippen LogP contribution >= 0.6 is 0 Å². The third-order valence-electron chi connectivity index (χ3n) is 13.7. The number of hydrogen-bond donors (Lipinski definition) is 2. The van der Waals surface area contributed by atoms with Crippen molar-refractivity contribution in [1.82, 2.24) is 15.4 Å². The minimum atomic E-state index is -1.02. The van der Waals surface area contributed by atoms with Crippen molar-refractivity contribution in [2.24, 2.45) is 39.4 Å². The van der Waals surface area contributed by atoms with Crippen molar-refractivity contribution in [1.29, 1.82) is 0 Å². The number of likely N-dealkylation sites (N-methyl/N-ethyl adjacent to an activating group) is 1. The number of rotatable bonds is 5. The van der Waals surface area contributed by atoms with Gasteiger partial charge in [0.25, 0.3) is 0 Å². The molecule has 236 valence electrons. The molecule has 3 fully saturated rings. The Morgan fingerprint density at radius 3 is 2.47 bits per heavy atom. The molecule has 2 N–H and O–H groups in total. The number of carboxylic acids is 1. The van der Waals surface area contributed by atoms with Gasteiger partial charge in [-0.05, 0) is 90.9 Å². The van der Waals surface area contributed by atoms with Gasteiger partial charge in [0.2, 0.25) is 5.91 Å². The van der Waals surface area contributed by atoms with E-state index in [0.29, 0.717) is 5.92 Å². The van der Waals surface area contributed by atoms with Gasteiger partial charge in [-0.15, -0.1) is 0 Å². The summed E-state index contributed by atoms with van der Waals surface area (Å²) in [6, 6.07) is 0. The Hall–Kier alpha value is -2.48. The number of nitrogens with zero attached hydrogens (tertiary/aromatic N) is 2. The Kier molecular flexibility index (Phi) is 6.76. The minimum Gasteiger partial charge on any atom is -0.480 e. The third-order valence-corrected chi connectivity index (χ3v) is 13.7. The number of aromatic nitrogens is 1. The van der Waals surface area contributed by atoms with Gasteiger partial charge in [-0.3, -0.25) is 14.4 Å². The summed E-state index contributed by atoms with van der Waals surface area (Å²) in [5.41, 5.74) is 1.65. The zero-order chi connectivity index (χ0) is 31.4. The first-order valence-electron chi connectivity index (χ1n) is 16.3. The summed E-state index contributed by atoms with van der Waals surface area (Å²) in [4.78, 5) is 40.2. The lowest BCUT2D eigenvalue weighted by Gasteiger charge is -2.69. The lowest BCUT2D eigenvalue weighted by molar-refractivity contribution is -0.162. The highest BCUT2D eigenvalue weighted by Crippen LogP contribution is 2.73. The van der Waals surface area contributed by atoms with Gasteiger partial charge < -0.3 is 19.8 Å². The molecule has 1 heterocycles. The molecular formula is C35H51N3O5. The van der Waals surface area contributed by atoms with Crippen LogP contribution < -0.4 is 5.32 Å². The van der Waals surface area contributed by atoms with E-state index in [1.807, 2.05) is 6.20 Å². The fourth-order valence-electron chi connectivity index (χ4n) is 11.3. The van der Waals surface area contributed by atoms with Crippen LogP contribution in [0.25, 0.3) is 0 Å². The molecule has 0 spiro atoms. The number of ketones is 1. The lowest BCUT2D eigenvalue weighted by atomic mass is 9.34. The molecule has 6 rings (SSSR count). The second-order valence-electron chi connectivity index (χ2n) is 16.9. The van der Waals surface area contributed by atoms with Crippen LogP contribution in [0.3, 0.4) is 0 Å². The van der Waals surface area contributed by atoms with E-state index in [4.69, 9.17) is 4.52 Å². The lowest BCUT2D eigenvalue weighted by Crippen LogP contribution is -2.69. The molecule has 1 aromatic rings. The molecule has 0 radical (unpaired) electrons. The monoisotopic (exact) mass is 593 g/mol. The Labute approximate surface area is 256 Å². The fourth-order valence-corrected chi connectivity index (χ4v) is 11.3. The minimum absolute atomic E-state index is 0.0899. The summed E-state index contributed by atoms with van der Waals surface area (Å²) in [5.74, 6) is 0.357. The van der Waals surface area contributed by atoms with Crippen LogP contribution in [0.4, 0.5) is 0 Å². The number of aliphatic carboxylic acids is 1. The average molecular weight is 594 g/mol. The predicted molar refractivity (Wildman–Crippen MR) is 163 cm³/mol. The summed E-state index contributed by atoms with van der Waals surface area (Å²) < 4.78 is 5.82. The van der Waals surface area contributed by atoms with Crippen LogP contribution in [-0.4, -0.2) is 58.5 Å². The maximum atomic E-state index is 14.7. The number of carboxylic acid groups (broad SMARTS) is 1. The summed E-state index contributed by atoms with van der Waals surface area (Å²) in [6.45, 7) is 16.2. The maximum Gasteiger partial charge on any atom is 0.323 e. The fraction of sp³-hybridized carbons (Fsp3) is 0.771. The van der Waals surface area contributed by atoms with Crippen molar-refractivity contribution in [3.63, 3.8) is 0 Å². The van der Waals surface area contributed by atoms with E-state index in [1.54, 1.807) is 7.05 Å². The molecule has 3 saturated carbocycles. The first-order chi connectivity index (χ1) is 19.9. The van der Waals surface area contributed by atoms with E-state index >= 15 is 0 Å². The zero-order valence-corrected chi connectivity index (χ0v) is 27.4. The average Bonchev–Trinajstić information content (AvgIpc) is 3.37. The number of carbonyl (C=O) groups excluding carboxylic acids is 2. The van der Waals surface area contributed by atoms with Crippen LogP contribution in [-0.2, 0) is 26.2 Å². The molecule has 8 nitrogen and oxygen atoms in total. The van der Waals surface area contributed by atoms with E-state index in [0.717, 1.165) is 57.1 Å². The van der Waals surface area contributed by atoms with Crippen molar-refractivity contribution in [2.75, 3.05) is 20.1 Å². The molecular weight excluding hydrogens is 542 g/mol. The van der Waals surface area contributed by atoms with Crippen molar-refractivity contribution >= 4 is 17.7 Å². The van der Waals surface area contributed by atoms with E-state index in [-0.39, 0.29) is 69.2 Å². The molecule has 5 aliphatic carbocycles. The molecule has 8 heteroatoms. The normalized spacial score (nSPS) is 40.6. The van der Waals surface area contributed by atoms with Crippen LogP contribution in [0.5, 0.6) is 0 Å². The standard InChI is InChI=1S/C35H51N3O5/c1-30(2)11-13-35(36-19-26(40)38(8)20-27(41)42)14-12-34(7)28(22(35)17-30)23(39)15-25-32(5)16-21-18-37-43-29(21)31(3,4)24(32)9-10-33(25,34)6/h15,18,22,24,28,36H,9-14,16-17,19-20H2,1-8H3,(H,41,42)/t22-,24-,28-,32-,33+,34+,35-/m0/s1. The number of amides is 1. The molecule has 0 saturated heterocycles. The predicted octanol–water partition coefficient (Wildman–Crippen LogP) is 5.55. The van der Waals surface area contributed by atoms with Gasteiger partial charge in [0.05, 0.1) is 12.7 Å². The summed E-state index contributed by atoms with van der Waals surface area (Å²) in [7, 11) is 1.54. The number of carbonyl (C=O) groups is 3. The molecule has 0 aliphatic heterocycles. The quantitative estimate of drug-likeness (QED) is 0.460. The second-order valence-corrected chi connectivity index (χ2v) is 16.9. The first-order valence-corrected chi connectivity index (χ1v) is 16.3. The largest absolute Gasteiger partial charge is 0.480 e.